The van der Waals surface area contributed by atoms with E-state index in [1.165, 1.54) is 0 Å². The maximum absolute atomic E-state index is 11.7. The van der Waals surface area contributed by atoms with Gasteiger partial charge in [-0.2, -0.15) is 13.2 Å². The molecule has 0 aliphatic carbocycles. The minimum atomic E-state index is -4.11. The van der Waals surface area contributed by atoms with Gasteiger partial charge in [0.05, 0.1) is 6.54 Å². The summed E-state index contributed by atoms with van der Waals surface area (Å²) in [6.45, 7) is 5.18. The Balaban J connectivity index is 3.42. The van der Waals surface area contributed by atoms with Gasteiger partial charge in [-0.25, -0.2) is 0 Å². The third kappa shape index (κ3) is 9.63. The molecule has 0 aliphatic rings. The predicted molar refractivity (Wildman–Crippen MR) is 46.7 cm³/mol. The fourth-order valence-electron chi connectivity index (χ4n) is 1.06. The van der Waals surface area contributed by atoms with E-state index >= 15 is 0 Å². The van der Waals surface area contributed by atoms with Crippen molar-refractivity contribution in [3.63, 3.8) is 0 Å². The number of hydrogen-bond acceptors (Lipinski definition) is 2. The van der Waals surface area contributed by atoms with Gasteiger partial charge < -0.3 is 10.6 Å². The molecule has 0 amide bonds. The molecule has 0 fully saturated rings. The Morgan fingerprint density at radius 3 is 2.08 bits per heavy atom. The van der Waals surface area contributed by atoms with Crippen molar-refractivity contribution in [2.24, 2.45) is 0 Å². The zero-order valence-electron chi connectivity index (χ0n) is 8.20. The molecule has 0 aliphatic heterocycles. The van der Waals surface area contributed by atoms with E-state index in [0.717, 1.165) is 0 Å². The minimum Gasteiger partial charge on any atom is -0.311 e. The number of halogens is 3. The lowest BCUT2D eigenvalue weighted by atomic mass is 10.3. The molecule has 0 heterocycles. The molecule has 5 heteroatoms. The lowest BCUT2D eigenvalue weighted by Crippen LogP contribution is -2.42. The van der Waals surface area contributed by atoms with Crippen LogP contribution in [-0.2, 0) is 0 Å². The average molecular weight is 198 g/mol. The highest BCUT2D eigenvalue weighted by Crippen LogP contribution is 2.11. The maximum atomic E-state index is 11.7. The summed E-state index contributed by atoms with van der Waals surface area (Å²) in [5, 5.41) is 5.44. The number of rotatable bonds is 5. The zero-order valence-corrected chi connectivity index (χ0v) is 8.20. The van der Waals surface area contributed by atoms with E-state index in [1.54, 1.807) is 0 Å². The Bertz CT molecular complexity index is 134. The van der Waals surface area contributed by atoms with Crippen LogP contribution in [0.15, 0.2) is 0 Å². The van der Waals surface area contributed by atoms with Gasteiger partial charge in [-0.3, -0.25) is 0 Å². The molecular weight excluding hydrogens is 181 g/mol. The molecule has 0 spiro atoms. The van der Waals surface area contributed by atoms with Gasteiger partial charge in [0, 0.05) is 18.6 Å². The predicted octanol–water partition coefficient (Wildman–Crippen LogP) is 1.52. The summed E-state index contributed by atoms with van der Waals surface area (Å²) in [5.74, 6) is 0. The molecular formula is C8H17F3N2. The van der Waals surface area contributed by atoms with Crippen LogP contribution in [0.2, 0.25) is 0 Å². The first-order valence-corrected chi connectivity index (χ1v) is 4.35. The van der Waals surface area contributed by atoms with Crippen LogP contribution in [-0.4, -0.2) is 31.3 Å². The second kappa shape index (κ2) is 5.44. The van der Waals surface area contributed by atoms with Crippen molar-refractivity contribution in [3.05, 3.63) is 0 Å². The van der Waals surface area contributed by atoms with Crippen molar-refractivity contribution in [2.75, 3.05) is 13.1 Å². The van der Waals surface area contributed by atoms with Gasteiger partial charge >= 0.3 is 6.18 Å². The van der Waals surface area contributed by atoms with Gasteiger partial charge in [0.1, 0.15) is 0 Å². The lowest BCUT2D eigenvalue weighted by molar-refractivity contribution is -0.124. The van der Waals surface area contributed by atoms with Gasteiger partial charge in [-0.1, -0.05) is 13.8 Å². The first-order valence-electron chi connectivity index (χ1n) is 4.35. The topological polar surface area (TPSA) is 24.1 Å². The Labute approximate surface area is 76.9 Å². The van der Waals surface area contributed by atoms with E-state index in [-0.39, 0.29) is 6.04 Å². The molecule has 1 unspecified atom stereocenters. The van der Waals surface area contributed by atoms with E-state index in [1.807, 2.05) is 20.8 Å². The first-order chi connectivity index (χ1) is 5.81. The quantitative estimate of drug-likeness (QED) is 0.700. The van der Waals surface area contributed by atoms with Crippen LogP contribution in [0.4, 0.5) is 13.2 Å². The van der Waals surface area contributed by atoms with Crippen molar-refractivity contribution >= 4 is 0 Å². The molecule has 13 heavy (non-hydrogen) atoms. The maximum Gasteiger partial charge on any atom is 0.401 e. The van der Waals surface area contributed by atoms with E-state index in [2.05, 4.69) is 10.6 Å². The Hall–Kier alpha value is -0.290. The van der Waals surface area contributed by atoms with Crippen LogP contribution >= 0.6 is 0 Å². The molecule has 80 valence electrons. The van der Waals surface area contributed by atoms with Crippen LogP contribution in [0.25, 0.3) is 0 Å². The summed E-state index contributed by atoms with van der Waals surface area (Å²) in [5.41, 5.74) is 0. The molecule has 2 N–H and O–H groups in total. The van der Waals surface area contributed by atoms with E-state index < -0.39 is 12.7 Å². The molecule has 0 aromatic carbocycles. The molecule has 0 saturated heterocycles. The largest absolute Gasteiger partial charge is 0.401 e. The summed E-state index contributed by atoms with van der Waals surface area (Å²) in [6.07, 6.45) is -4.11. The summed E-state index contributed by atoms with van der Waals surface area (Å²) in [4.78, 5) is 0. The van der Waals surface area contributed by atoms with Crippen molar-refractivity contribution < 1.29 is 13.2 Å². The molecule has 1 atom stereocenters. The Morgan fingerprint density at radius 2 is 1.69 bits per heavy atom. The summed E-state index contributed by atoms with van der Waals surface area (Å²) >= 11 is 0. The highest BCUT2D eigenvalue weighted by Gasteiger charge is 2.26. The van der Waals surface area contributed by atoms with Crippen LogP contribution in [0, 0.1) is 0 Å². The molecule has 0 radical (unpaired) electrons. The van der Waals surface area contributed by atoms with Gasteiger partial charge in [0.25, 0.3) is 0 Å². The average Bonchev–Trinajstić information content (AvgIpc) is 1.81. The van der Waals surface area contributed by atoms with Crippen LogP contribution < -0.4 is 10.6 Å². The molecule has 0 aromatic heterocycles. The molecule has 0 rings (SSSR count). The third-order valence-electron chi connectivity index (χ3n) is 1.39. The fraction of sp³-hybridized carbons (Fsp3) is 1.00. The third-order valence-corrected chi connectivity index (χ3v) is 1.39. The van der Waals surface area contributed by atoms with E-state index in [0.29, 0.717) is 12.6 Å². The van der Waals surface area contributed by atoms with Gasteiger partial charge in [-0.15, -0.1) is 0 Å². The molecule has 0 saturated carbocycles. The normalized spacial score (nSPS) is 15.0. The summed E-state index contributed by atoms with van der Waals surface area (Å²) in [7, 11) is 0. The SMILES string of the molecule is CC(C)NC(C)CNCC(F)(F)F. The number of alkyl halides is 3. The van der Waals surface area contributed by atoms with Crippen LogP contribution in [0.1, 0.15) is 20.8 Å². The number of nitrogens with one attached hydrogen (secondary N) is 2. The molecule has 0 bridgehead atoms. The van der Waals surface area contributed by atoms with Crippen LogP contribution in [0.3, 0.4) is 0 Å². The highest BCUT2D eigenvalue weighted by atomic mass is 19.4. The van der Waals surface area contributed by atoms with Crippen molar-refractivity contribution in [2.45, 2.75) is 39.0 Å². The first kappa shape index (κ1) is 12.7. The van der Waals surface area contributed by atoms with Crippen molar-refractivity contribution in [1.29, 1.82) is 0 Å². The van der Waals surface area contributed by atoms with Crippen molar-refractivity contribution in [3.8, 4) is 0 Å². The standard InChI is InChI=1S/C8H17F3N2/c1-6(2)13-7(3)4-12-5-8(9,10)11/h6-7,12-13H,4-5H2,1-3H3. The number of hydrogen-bond donors (Lipinski definition) is 2. The monoisotopic (exact) mass is 198 g/mol. The minimum absolute atomic E-state index is 0.0577. The summed E-state index contributed by atoms with van der Waals surface area (Å²) in [6, 6.07) is 0.352. The second-order valence-electron chi connectivity index (χ2n) is 3.47. The van der Waals surface area contributed by atoms with E-state index in [4.69, 9.17) is 0 Å². The second-order valence-corrected chi connectivity index (χ2v) is 3.47. The lowest BCUT2D eigenvalue weighted by Gasteiger charge is -2.17. The van der Waals surface area contributed by atoms with Crippen molar-refractivity contribution in [1.82, 2.24) is 10.6 Å². The highest BCUT2D eigenvalue weighted by molar-refractivity contribution is 4.67. The van der Waals surface area contributed by atoms with Gasteiger partial charge in [0.2, 0.25) is 0 Å². The molecule has 0 aromatic rings. The van der Waals surface area contributed by atoms with Gasteiger partial charge in [0.15, 0.2) is 0 Å². The van der Waals surface area contributed by atoms with Gasteiger partial charge in [-0.05, 0) is 6.92 Å². The fourth-order valence-corrected chi connectivity index (χ4v) is 1.06. The Kier molecular flexibility index (Phi) is 5.32. The van der Waals surface area contributed by atoms with Crippen LogP contribution in [0.5, 0.6) is 0 Å². The van der Waals surface area contributed by atoms with E-state index in [9.17, 15) is 13.2 Å². The smallest absolute Gasteiger partial charge is 0.311 e. The zero-order chi connectivity index (χ0) is 10.5. The molecule has 2 nitrogen and oxygen atoms in total. The Morgan fingerprint density at radius 1 is 1.15 bits per heavy atom. The summed E-state index contributed by atoms with van der Waals surface area (Å²) < 4.78 is 35.1.